The summed E-state index contributed by atoms with van der Waals surface area (Å²) in [6.07, 6.45) is 2.08. The summed E-state index contributed by atoms with van der Waals surface area (Å²) in [7, 11) is 0. The standard InChI is InChI=1S/C12H7ClFNO/c13-12-11(5-8(7-16)6-15-12)9-1-3-10(14)4-2-9/h1-7H. The van der Waals surface area contributed by atoms with E-state index in [1.807, 2.05) is 0 Å². The number of nitrogens with zero attached hydrogens (tertiary/aromatic N) is 1. The highest BCUT2D eigenvalue weighted by molar-refractivity contribution is 6.32. The summed E-state index contributed by atoms with van der Waals surface area (Å²) in [5.41, 5.74) is 1.78. The Morgan fingerprint density at radius 1 is 1.25 bits per heavy atom. The fourth-order valence-electron chi connectivity index (χ4n) is 1.36. The van der Waals surface area contributed by atoms with Crippen molar-refractivity contribution in [3.05, 3.63) is 53.1 Å². The van der Waals surface area contributed by atoms with Gasteiger partial charge in [-0.25, -0.2) is 9.37 Å². The third kappa shape index (κ3) is 2.09. The van der Waals surface area contributed by atoms with Gasteiger partial charge < -0.3 is 0 Å². The Hall–Kier alpha value is -1.74. The Labute approximate surface area is 96.7 Å². The first-order valence-corrected chi connectivity index (χ1v) is 4.95. The molecule has 2 nitrogen and oxygen atoms in total. The van der Waals surface area contributed by atoms with E-state index in [4.69, 9.17) is 11.6 Å². The van der Waals surface area contributed by atoms with Crippen LogP contribution in [0.25, 0.3) is 11.1 Å². The molecule has 2 rings (SSSR count). The van der Waals surface area contributed by atoms with Gasteiger partial charge in [-0.2, -0.15) is 0 Å². The summed E-state index contributed by atoms with van der Waals surface area (Å²) in [4.78, 5) is 14.5. The molecular formula is C12H7ClFNO. The van der Waals surface area contributed by atoms with E-state index >= 15 is 0 Å². The Morgan fingerprint density at radius 2 is 1.94 bits per heavy atom. The first kappa shape index (κ1) is 10.8. The molecule has 1 aromatic heterocycles. The van der Waals surface area contributed by atoms with Gasteiger partial charge in [0.05, 0.1) is 0 Å². The van der Waals surface area contributed by atoms with Crippen LogP contribution in [-0.4, -0.2) is 11.3 Å². The Morgan fingerprint density at radius 3 is 2.56 bits per heavy atom. The molecule has 1 heterocycles. The Kier molecular flexibility index (Phi) is 2.97. The number of hydrogen-bond donors (Lipinski definition) is 0. The van der Waals surface area contributed by atoms with Crippen molar-refractivity contribution < 1.29 is 9.18 Å². The fraction of sp³-hybridized carbons (Fsp3) is 0. The zero-order valence-corrected chi connectivity index (χ0v) is 8.91. The molecule has 0 aliphatic rings. The second-order valence-electron chi connectivity index (χ2n) is 3.23. The molecule has 16 heavy (non-hydrogen) atoms. The lowest BCUT2D eigenvalue weighted by Crippen LogP contribution is -1.88. The molecule has 80 valence electrons. The maximum absolute atomic E-state index is 12.7. The highest BCUT2D eigenvalue weighted by atomic mass is 35.5. The molecule has 0 spiro atoms. The minimum absolute atomic E-state index is 0.289. The lowest BCUT2D eigenvalue weighted by atomic mass is 10.1. The monoisotopic (exact) mass is 235 g/mol. The summed E-state index contributed by atoms with van der Waals surface area (Å²) in [6.45, 7) is 0. The molecule has 0 N–H and O–H groups in total. The molecular weight excluding hydrogens is 229 g/mol. The number of pyridine rings is 1. The Balaban J connectivity index is 2.54. The number of carbonyl (C=O) groups is 1. The molecule has 4 heteroatoms. The number of rotatable bonds is 2. The molecule has 2 aromatic rings. The number of carbonyl (C=O) groups excluding carboxylic acids is 1. The van der Waals surface area contributed by atoms with Crippen molar-refractivity contribution in [2.75, 3.05) is 0 Å². The van der Waals surface area contributed by atoms with Crippen LogP contribution in [0, 0.1) is 5.82 Å². The van der Waals surface area contributed by atoms with E-state index in [-0.39, 0.29) is 11.0 Å². The molecule has 0 fully saturated rings. The summed E-state index contributed by atoms with van der Waals surface area (Å²) in [5, 5.41) is 0.289. The van der Waals surface area contributed by atoms with Crippen molar-refractivity contribution in [3.63, 3.8) is 0 Å². The third-order valence-corrected chi connectivity index (χ3v) is 2.45. The highest BCUT2D eigenvalue weighted by Gasteiger charge is 2.06. The van der Waals surface area contributed by atoms with Crippen LogP contribution in [0.1, 0.15) is 10.4 Å². The predicted octanol–water partition coefficient (Wildman–Crippen LogP) is 3.35. The van der Waals surface area contributed by atoms with Crippen LogP contribution in [0.3, 0.4) is 0 Å². The van der Waals surface area contributed by atoms with Crippen LogP contribution in [-0.2, 0) is 0 Å². The van der Waals surface area contributed by atoms with Gasteiger partial charge in [-0.1, -0.05) is 23.7 Å². The summed E-state index contributed by atoms with van der Waals surface area (Å²) in [6, 6.07) is 7.47. The van der Waals surface area contributed by atoms with Crippen LogP contribution in [0.4, 0.5) is 4.39 Å². The lowest BCUT2D eigenvalue weighted by Gasteiger charge is -2.04. The van der Waals surface area contributed by atoms with Crippen molar-refractivity contribution in [1.82, 2.24) is 4.98 Å². The number of hydrogen-bond acceptors (Lipinski definition) is 2. The van der Waals surface area contributed by atoms with Crippen LogP contribution in [0.15, 0.2) is 36.5 Å². The van der Waals surface area contributed by atoms with Gasteiger partial charge in [-0.3, -0.25) is 4.79 Å². The van der Waals surface area contributed by atoms with Crippen molar-refractivity contribution >= 4 is 17.9 Å². The second kappa shape index (κ2) is 4.41. The maximum Gasteiger partial charge on any atom is 0.151 e. The molecule has 0 saturated heterocycles. The average molecular weight is 236 g/mol. The van der Waals surface area contributed by atoms with E-state index in [1.54, 1.807) is 18.2 Å². The van der Waals surface area contributed by atoms with Gasteiger partial charge >= 0.3 is 0 Å². The molecule has 0 aliphatic heterocycles. The van der Waals surface area contributed by atoms with Gasteiger partial charge in [0.2, 0.25) is 0 Å². The zero-order valence-electron chi connectivity index (χ0n) is 8.15. The lowest BCUT2D eigenvalue weighted by molar-refractivity contribution is 0.112. The minimum Gasteiger partial charge on any atom is -0.298 e. The second-order valence-corrected chi connectivity index (χ2v) is 3.59. The SMILES string of the molecule is O=Cc1cnc(Cl)c(-c2ccc(F)cc2)c1. The molecule has 0 unspecified atom stereocenters. The molecule has 0 radical (unpaired) electrons. The van der Waals surface area contributed by atoms with E-state index in [1.165, 1.54) is 18.3 Å². The normalized spacial score (nSPS) is 10.1. The summed E-state index contributed by atoms with van der Waals surface area (Å²) < 4.78 is 12.7. The number of benzene rings is 1. The van der Waals surface area contributed by atoms with Crippen LogP contribution < -0.4 is 0 Å². The van der Waals surface area contributed by atoms with Crippen molar-refractivity contribution in [1.29, 1.82) is 0 Å². The van der Waals surface area contributed by atoms with E-state index in [0.717, 1.165) is 5.56 Å². The molecule has 0 aliphatic carbocycles. The zero-order chi connectivity index (χ0) is 11.5. The number of aromatic nitrogens is 1. The van der Waals surface area contributed by atoms with Crippen molar-refractivity contribution in [3.8, 4) is 11.1 Å². The fourth-order valence-corrected chi connectivity index (χ4v) is 1.57. The molecule has 0 saturated carbocycles. The average Bonchev–Trinajstić information content (AvgIpc) is 2.31. The molecule has 1 aromatic carbocycles. The molecule has 0 amide bonds. The molecule has 0 bridgehead atoms. The van der Waals surface area contributed by atoms with E-state index in [9.17, 15) is 9.18 Å². The first-order chi connectivity index (χ1) is 7.70. The topological polar surface area (TPSA) is 30.0 Å². The maximum atomic E-state index is 12.7. The van der Waals surface area contributed by atoms with Crippen molar-refractivity contribution in [2.24, 2.45) is 0 Å². The minimum atomic E-state index is -0.320. The summed E-state index contributed by atoms with van der Waals surface area (Å²) in [5.74, 6) is -0.320. The number of aldehydes is 1. The van der Waals surface area contributed by atoms with E-state index < -0.39 is 0 Å². The highest BCUT2D eigenvalue weighted by Crippen LogP contribution is 2.26. The molecule has 0 atom stereocenters. The van der Waals surface area contributed by atoms with Gasteiger partial charge in [0, 0.05) is 17.3 Å². The van der Waals surface area contributed by atoms with Gasteiger partial charge in [-0.15, -0.1) is 0 Å². The van der Waals surface area contributed by atoms with Crippen LogP contribution in [0.2, 0.25) is 5.15 Å². The van der Waals surface area contributed by atoms with Crippen LogP contribution >= 0.6 is 11.6 Å². The van der Waals surface area contributed by atoms with Gasteiger partial charge in [-0.05, 0) is 23.8 Å². The quantitative estimate of drug-likeness (QED) is 0.590. The van der Waals surface area contributed by atoms with E-state index in [2.05, 4.69) is 4.98 Å². The summed E-state index contributed by atoms with van der Waals surface area (Å²) >= 11 is 5.91. The van der Waals surface area contributed by atoms with E-state index in [0.29, 0.717) is 17.4 Å². The largest absolute Gasteiger partial charge is 0.298 e. The van der Waals surface area contributed by atoms with Gasteiger partial charge in [0.15, 0.2) is 6.29 Å². The third-order valence-electron chi connectivity index (χ3n) is 2.15. The first-order valence-electron chi connectivity index (χ1n) is 4.57. The van der Waals surface area contributed by atoms with Gasteiger partial charge in [0.1, 0.15) is 11.0 Å². The van der Waals surface area contributed by atoms with Gasteiger partial charge in [0.25, 0.3) is 0 Å². The number of halogens is 2. The van der Waals surface area contributed by atoms with Crippen LogP contribution in [0.5, 0.6) is 0 Å². The predicted molar refractivity (Wildman–Crippen MR) is 60.0 cm³/mol. The van der Waals surface area contributed by atoms with Crippen molar-refractivity contribution in [2.45, 2.75) is 0 Å². The smallest absolute Gasteiger partial charge is 0.151 e. The Bertz CT molecular complexity index is 525.